The van der Waals surface area contributed by atoms with Gasteiger partial charge in [-0.2, -0.15) is 0 Å². The fourth-order valence-corrected chi connectivity index (χ4v) is 2.44. The average molecular weight is 391 g/mol. The number of halogens is 2. The molecule has 1 heterocycles. The minimum absolute atomic E-state index is 0.128. The summed E-state index contributed by atoms with van der Waals surface area (Å²) < 4.78 is 24.8. The van der Waals surface area contributed by atoms with Gasteiger partial charge in [-0.05, 0) is 52.7 Å². The number of rotatable bonds is 4. The van der Waals surface area contributed by atoms with Gasteiger partial charge in [-0.25, -0.2) is 9.18 Å². The molecule has 0 saturated carbocycles. The molecule has 1 aromatic heterocycles. The van der Waals surface area contributed by atoms with Crippen molar-refractivity contribution in [3.8, 4) is 11.5 Å². The lowest BCUT2D eigenvalue weighted by Gasteiger charge is -2.03. The molecule has 3 aromatic rings. The largest absolute Gasteiger partial charge is 0.452 e. The number of nitrogens with zero attached hydrogens (tertiary/aromatic N) is 2. The molecule has 0 unspecified atom stereocenters. The zero-order valence-electron chi connectivity index (χ0n) is 12.6. The summed E-state index contributed by atoms with van der Waals surface area (Å²) in [4.78, 5) is 11.9. The van der Waals surface area contributed by atoms with Crippen molar-refractivity contribution in [3.63, 3.8) is 0 Å². The van der Waals surface area contributed by atoms with Gasteiger partial charge in [-0.15, -0.1) is 10.2 Å². The van der Waals surface area contributed by atoms with Crippen LogP contribution in [0.5, 0.6) is 0 Å². The third-order valence-corrected chi connectivity index (χ3v) is 4.00. The van der Waals surface area contributed by atoms with E-state index in [9.17, 15) is 9.18 Å². The Kier molecular flexibility index (Phi) is 4.71. The standard InChI is InChI=1S/C17H12BrFN2O3/c1-10-6-7-11(8-14(10)19)17(22)23-9-15-20-21-16(24-15)12-4-2-3-5-13(12)18/h2-8H,9H2,1H3. The molecule has 0 saturated heterocycles. The van der Waals surface area contributed by atoms with Gasteiger partial charge in [-0.1, -0.05) is 18.2 Å². The molecular formula is C17H12BrFN2O3. The lowest BCUT2D eigenvalue weighted by Crippen LogP contribution is -2.06. The molecule has 5 nitrogen and oxygen atoms in total. The summed E-state index contributed by atoms with van der Waals surface area (Å²) in [5.41, 5.74) is 1.33. The second kappa shape index (κ2) is 6.92. The van der Waals surface area contributed by atoms with Gasteiger partial charge in [0.05, 0.1) is 11.1 Å². The van der Waals surface area contributed by atoms with Crippen LogP contribution in [0, 0.1) is 12.7 Å². The summed E-state index contributed by atoms with van der Waals surface area (Å²) in [5, 5.41) is 7.77. The third kappa shape index (κ3) is 3.51. The van der Waals surface area contributed by atoms with Crippen LogP contribution in [0.2, 0.25) is 0 Å². The summed E-state index contributed by atoms with van der Waals surface area (Å²) in [7, 11) is 0. The van der Waals surface area contributed by atoms with Gasteiger partial charge in [0.25, 0.3) is 5.89 Å². The lowest BCUT2D eigenvalue weighted by atomic mass is 10.1. The maximum Gasteiger partial charge on any atom is 0.338 e. The monoisotopic (exact) mass is 390 g/mol. The first kappa shape index (κ1) is 16.3. The van der Waals surface area contributed by atoms with Crippen LogP contribution >= 0.6 is 15.9 Å². The van der Waals surface area contributed by atoms with Crippen LogP contribution in [0.1, 0.15) is 21.8 Å². The second-order valence-electron chi connectivity index (χ2n) is 5.02. The van der Waals surface area contributed by atoms with Crippen molar-refractivity contribution in [2.75, 3.05) is 0 Å². The highest BCUT2D eigenvalue weighted by molar-refractivity contribution is 9.10. The van der Waals surface area contributed by atoms with E-state index in [1.54, 1.807) is 6.92 Å². The first-order valence-electron chi connectivity index (χ1n) is 7.05. The number of aromatic nitrogens is 2. The van der Waals surface area contributed by atoms with Crippen molar-refractivity contribution in [1.29, 1.82) is 0 Å². The summed E-state index contributed by atoms with van der Waals surface area (Å²) in [6.45, 7) is 1.43. The highest BCUT2D eigenvalue weighted by atomic mass is 79.9. The van der Waals surface area contributed by atoms with E-state index in [0.717, 1.165) is 16.1 Å². The second-order valence-corrected chi connectivity index (χ2v) is 5.88. The fraction of sp³-hybridized carbons (Fsp3) is 0.118. The first-order valence-corrected chi connectivity index (χ1v) is 7.84. The molecule has 0 bridgehead atoms. The highest BCUT2D eigenvalue weighted by Gasteiger charge is 2.14. The molecule has 122 valence electrons. The lowest BCUT2D eigenvalue weighted by molar-refractivity contribution is 0.0438. The van der Waals surface area contributed by atoms with Crippen LogP contribution in [-0.4, -0.2) is 16.2 Å². The molecule has 24 heavy (non-hydrogen) atoms. The Morgan fingerprint density at radius 2 is 2.04 bits per heavy atom. The number of carbonyl (C=O) groups excluding carboxylic acids is 1. The van der Waals surface area contributed by atoms with Gasteiger partial charge in [0.15, 0.2) is 6.61 Å². The SMILES string of the molecule is Cc1ccc(C(=O)OCc2nnc(-c3ccccc3Br)o2)cc1F. The maximum atomic E-state index is 13.5. The molecule has 0 fully saturated rings. The van der Waals surface area contributed by atoms with E-state index >= 15 is 0 Å². The van der Waals surface area contributed by atoms with Crippen molar-refractivity contribution < 1.29 is 18.3 Å². The number of esters is 1. The predicted octanol–water partition coefficient (Wildman–Crippen LogP) is 4.30. The Hall–Kier alpha value is -2.54. The minimum atomic E-state index is -0.658. The normalized spacial score (nSPS) is 10.6. The molecule has 0 aliphatic carbocycles. The fourth-order valence-electron chi connectivity index (χ4n) is 1.99. The number of hydrogen-bond donors (Lipinski definition) is 0. The van der Waals surface area contributed by atoms with E-state index in [0.29, 0.717) is 11.5 Å². The van der Waals surface area contributed by atoms with Crippen molar-refractivity contribution in [1.82, 2.24) is 10.2 Å². The molecule has 0 spiro atoms. The molecule has 0 atom stereocenters. The molecule has 2 aromatic carbocycles. The van der Waals surface area contributed by atoms with Gasteiger partial charge in [0, 0.05) is 4.47 Å². The van der Waals surface area contributed by atoms with Gasteiger partial charge >= 0.3 is 5.97 Å². The Morgan fingerprint density at radius 1 is 1.25 bits per heavy atom. The van der Waals surface area contributed by atoms with Gasteiger partial charge in [0.2, 0.25) is 5.89 Å². The number of ether oxygens (including phenoxy) is 1. The molecule has 0 aliphatic heterocycles. The van der Waals surface area contributed by atoms with Crippen LogP contribution in [0.15, 0.2) is 51.4 Å². The Balaban J connectivity index is 1.68. The van der Waals surface area contributed by atoms with Crippen molar-refractivity contribution >= 4 is 21.9 Å². The zero-order valence-corrected chi connectivity index (χ0v) is 14.2. The van der Waals surface area contributed by atoms with Crippen molar-refractivity contribution in [3.05, 3.63) is 69.8 Å². The molecule has 0 amide bonds. The number of aryl methyl sites for hydroxylation is 1. The van der Waals surface area contributed by atoms with Crippen molar-refractivity contribution in [2.24, 2.45) is 0 Å². The summed E-state index contributed by atoms with van der Waals surface area (Å²) >= 11 is 3.40. The van der Waals surface area contributed by atoms with E-state index in [-0.39, 0.29) is 18.1 Å². The quantitative estimate of drug-likeness (QED) is 0.621. The first-order chi connectivity index (χ1) is 11.5. The zero-order chi connectivity index (χ0) is 17.1. The minimum Gasteiger partial charge on any atom is -0.452 e. The van der Waals surface area contributed by atoms with Crippen LogP contribution < -0.4 is 0 Å². The van der Waals surface area contributed by atoms with Crippen LogP contribution in [0.4, 0.5) is 4.39 Å². The van der Waals surface area contributed by atoms with E-state index in [1.807, 2.05) is 24.3 Å². The van der Waals surface area contributed by atoms with E-state index in [2.05, 4.69) is 26.1 Å². The van der Waals surface area contributed by atoms with Gasteiger partial charge in [0.1, 0.15) is 5.82 Å². The maximum absolute atomic E-state index is 13.5. The summed E-state index contributed by atoms with van der Waals surface area (Å²) in [5.74, 6) is -0.649. The molecule has 0 radical (unpaired) electrons. The highest BCUT2D eigenvalue weighted by Crippen LogP contribution is 2.26. The third-order valence-electron chi connectivity index (χ3n) is 3.31. The van der Waals surface area contributed by atoms with E-state index in [4.69, 9.17) is 9.15 Å². The number of carbonyl (C=O) groups is 1. The van der Waals surface area contributed by atoms with Crippen LogP contribution in [-0.2, 0) is 11.3 Å². The van der Waals surface area contributed by atoms with Crippen LogP contribution in [0.3, 0.4) is 0 Å². The summed E-state index contributed by atoms with van der Waals surface area (Å²) in [6, 6.07) is 11.5. The van der Waals surface area contributed by atoms with Gasteiger partial charge in [-0.3, -0.25) is 0 Å². The topological polar surface area (TPSA) is 65.2 Å². The molecule has 3 rings (SSSR count). The van der Waals surface area contributed by atoms with Gasteiger partial charge < -0.3 is 9.15 Å². The average Bonchev–Trinajstić information content (AvgIpc) is 3.04. The van der Waals surface area contributed by atoms with E-state index in [1.165, 1.54) is 12.1 Å². The Morgan fingerprint density at radius 3 is 2.79 bits per heavy atom. The van der Waals surface area contributed by atoms with Crippen molar-refractivity contribution in [2.45, 2.75) is 13.5 Å². The molecule has 7 heteroatoms. The predicted molar refractivity (Wildman–Crippen MR) is 87.7 cm³/mol. The molecule has 0 N–H and O–H groups in total. The Bertz CT molecular complexity index is 895. The Labute approximate surface area is 145 Å². The van der Waals surface area contributed by atoms with E-state index < -0.39 is 11.8 Å². The number of hydrogen-bond acceptors (Lipinski definition) is 5. The number of benzene rings is 2. The molecule has 0 aliphatic rings. The van der Waals surface area contributed by atoms with Crippen LogP contribution in [0.25, 0.3) is 11.5 Å². The summed E-state index contributed by atoms with van der Waals surface area (Å²) in [6.07, 6.45) is 0. The molecular weight excluding hydrogens is 379 g/mol. The smallest absolute Gasteiger partial charge is 0.338 e.